The summed E-state index contributed by atoms with van der Waals surface area (Å²) >= 11 is 5.93. The molecule has 0 aliphatic heterocycles. The molecular weight excluding hydrogens is 404 g/mol. The van der Waals surface area contributed by atoms with Crippen LogP contribution in [-0.4, -0.2) is 32.1 Å². The molecule has 0 spiro atoms. The number of carbonyl (C=O) groups is 1. The van der Waals surface area contributed by atoms with E-state index >= 15 is 0 Å². The highest BCUT2D eigenvalue weighted by Gasteiger charge is 2.16. The highest BCUT2D eigenvalue weighted by Crippen LogP contribution is 2.38. The quantitative estimate of drug-likeness (QED) is 0.385. The first-order valence-electron chi connectivity index (χ1n) is 9.05. The van der Waals surface area contributed by atoms with Gasteiger partial charge < -0.3 is 19.5 Å². The third-order valence-corrected chi connectivity index (χ3v) is 4.56. The largest absolute Gasteiger partial charge is 0.493 e. The molecule has 0 aliphatic carbocycles. The van der Waals surface area contributed by atoms with Crippen molar-refractivity contribution in [3.63, 3.8) is 0 Å². The van der Waals surface area contributed by atoms with Gasteiger partial charge in [-0.05, 0) is 60.7 Å². The lowest BCUT2D eigenvalue weighted by Gasteiger charge is -2.13. The molecule has 0 atom stereocenters. The van der Waals surface area contributed by atoms with Crippen LogP contribution in [0.1, 0.15) is 15.9 Å². The molecule has 154 valence electrons. The summed E-state index contributed by atoms with van der Waals surface area (Å²) in [5.41, 5.74) is 2.01. The Bertz CT molecular complexity index is 1040. The first-order chi connectivity index (χ1) is 14.5. The third-order valence-electron chi connectivity index (χ3n) is 4.31. The van der Waals surface area contributed by atoms with E-state index in [4.69, 9.17) is 25.8 Å². The molecule has 0 unspecified atom stereocenters. The van der Waals surface area contributed by atoms with Crippen LogP contribution in [0.15, 0.2) is 60.8 Å². The van der Waals surface area contributed by atoms with E-state index < -0.39 is 0 Å². The lowest BCUT2D eigenvalue weighted by atomic mass is 10.1. The summed E-state index contributed by atoms with van der Waals surface area (Å²) in [5, 5.41) is 3.88. The number of halogens is 1. The number of ether oxygens (including phenoxy) is 3. The molecule has 3 aromatic rings. The standard InChI is InChI=1S/C23H21ClN2O4/c1-28-20-13-16(14-21(29-2)22(20)30-3)19(27)11-6-15-5-4-12-25-23(15)26-18-9-7-17(24)8-10-18/h4-14H,1-3H3,(H,25,26)/b11-6+. The van der Waals surface area contributed by atoms with Crippen molar-refractivity contribution in [3.8, 4) is 17.2 Å². The molecule has 1 N–H and O–H groups in total. The Hall–Kier alpha value is -3.51. The van der Waals surface area contributed by atoms with Crippen LogP contribution in [0.5, 0.6) is 17.2 Å². The van der Waals surface area contributed by atoms with Gasteiger partial charge in [-0.1, -0.05) is 11.6 Å². The third kappa shape index (κ3) is 4.90. The molecular formula is C23H21ClN2O4. The van der Waals surface area contributed by atoms with Crippen molar-refractivity contribution in [2.45, 2.75) is 0 Å². The summed E-state index contributed by atoms with van der Waals surface area (Å²) in [5.74, 6) is 1.67. The van der Waals surface area contributed by atoms with E-state index in [-0.39, 0.29) is 5.78 Å². The van der Waals surface area contributed by atoms with Crippen LogP contribution in [0.2, 0.25) is 5.02 Å². The number of rotatable bonds is 8. The molecule has 0 radical (unpaired) electrons. The Balaban J connectivity index is 1.86. The number of nitrogens with zero attached hydrogens (tertiary/aromatic N) is 1. The van der Waals surface area contributed by atoms with Crippen LogP contribution in [-0.2, 0) is 0 Å². The normalized spacial score (nSPS) is 10.7. The second-order valence-electron chi connectivity index (χ2n) is 6.18. The minimum absolute atomic E-state index is 0.212. The number of nitrogens with one attached hydrogen (secondary N) is 1. The average molecular weight is 425 g/mol. The predicted molar refractivity (Wildman–Crippen MR) is 118 cm³/mol. The number of aromatic nitrogens is 1. The summed E-state index contributed by atoms with van der Waals surface area (Å²) in [6, 6.07) is 14.2. The van der Waals surface area contributed by atoms with Gasteiger partial charge in [0.25, 0.3) is 0 Å². The molecule has 1 aromatic heterocycles. The number of methoxy groups -OCH3 is 3. The van der Waals surface area contributed by atoms with E-state index in [0.29, 0.717) is 33.7 Å². The summed E-state index contributed by atoms with van der Waals surface area (Å²) in [6.45, 7) is 0. The molecule has 0 amide bonds. The van der Waals surface area contributed by atoms with Gasteiger partial charge in [0.05, 0.1) is 21.3 Å². The number of benzene rings is 2. The molecule has 2 aromatic carbocycles. The van der Waals surface area contributed by atoms with Crippen LogP contribution in [0.25, 0.3) is 6.08 Å². The molecule has 0 saturated carbocycles. The Morgan fingerprint density at radius 2 is 1.67 bits per heavy atom. The van der Waals surface area contributed by atoms with Gasteiger partial charge in [0.15, 0.2) is 17.3 Å². The van der Waals surface area contributed by atoms with Crippen molar-refractivity contribution in [3.05, 3.63) is 77.0 Å². The molecule has 0 saturated heterocycles. The fourth-order valence-electron chi connectivity index (χ4n) is 2.81. The molecule has 0 bridgehead atoms. The molecule has 30 heavy (non-hydrogen) atoms. The van der Waals surface area contributed by atoms with Crippen LogP contribution in [0.3, 0.4) is 0 Å². The van der Waals surface area contributed by atoms with Crippen LogP contribution < -0.4 is 19.5 Å². The molecule has 7 heteroatoms. The highest BCUT2D eigenvalue weighted by atomic mass is 35.5. The first-order valence-corrected chi connectivity index (χ1v) is 9.43. The maximum Gasteiger partial charge on any atom is 0.203 e. The second-order valence-corrected chi connectivity index (χ2v) is 6.62. The minimum Gasteiger partial charge on any atom is -0.493 e. The van der Waals surface area contributed by atoms with E-state index in [1.54, 1.807) is 42.6 Å². The van der Waals surface area contributed by atoms with E-state index in [9.17, 15) is 4.79 Å². The minimum atomic E-state index is -0.212. The fraction of sp³-hybridized carbons (Fsp3) is 0.130. The zero-order chi connectivity index (χ0) is 21.5. The number of allylic oxidation sites excluding steroid dienone is 1. The molecule has 3 rings (SSSR count). The van der Waals surface area contributed by atoms with E-state index in [0.717, 1.165) is 11.3 Å². The average Bonchev–Trinajstić information content (AvgIpc) is 2.78. The molecule has 0 fully saturated rings. The van der Waals surface area contributed by atoms with Gasteiger partial charge in [0.2, 0.25) is 5.75 Å². The smallest absolute Gasteiger partial charge is 0.203 e. The lowest BCUT2D eigenvalue weighted by Crippen LogP contribution is -2.01. The van der Waals surface area contributed by atoms with Gasteiger partial charge in [0.1, 0.15) is 5.82 Å². The summed E-state index contributed by atoms with van der Waals surface area (Å²) < 4.78 is 15.9. The molecule has 0 aliphatic rings. The second kappa shape index (κ2) is 9.80. The summed E-state index contributed by atoms with van der Waals surface area (Å²) in [7, 11) is 4.52. The Morgan fingerprint density at radius 3 is 2.27 bits per heavy atom. The first kappa shape index (κ1) is 21.2. The van der Waals surface area contributed by atoms with Gasteiger partial charge in [-0.25, -0.2) is 4.98 Å². The number of hydrogen-bond acceptors (Lipinski definition) is 6. The fourth-order valence-corrected chi connectivity index (χ4v) is 2.94. The van der Waals surface area contributed by atoms with Gasteiger partial charge in [0, 0.05) is 28.0 Å². The molecule has 1 heterocycles. The van der Waals surface area contributed by atoms with Gasteiger partial charge >= 0.3 is 0 Å². The number of anilines is 2. The number of hydrogen-bond donors (Lipinski definition) is 1. The summed E-state index contributed by atoms with van der Waals surface area (Å²) in [4.78, 5) is 17.1. The van der Waals surface area contributed by atoms with E-state index in [2.05, 4.69) is 10.3 Å². The van der Waals surface area contributed by atoms with E-state index in [1.165, 1.54) is 27.4 Å². The Morgan fingerprint density at radius 1 is 1.00 bits per heavy atom. The Kier molecular flexibility index (Phi) is 6.93. The summed E-state index contributed by atoms with van der Waals surface area (Å²) in [6.07, 6.45) is 4.86. The zero-order valence-electron chi connectivity index (χ0n) is 16.8. The van der Waals surface area contributed by atoms with Crippen molar-refractivity contribution in [2.24, 2.45) is 0 Å². The monoisotopic (exact) mass is 424 g/mol. The zero-order valence-corrected chi connectivity index (χ0v) is 17.6. The van der Waals surface area contributed by atoms with Crippen LogP contribution >= 0.6 is 11.6 Å². The van der Waals surface area contributed by atoms with Crippen LogP contribution in [0.4, 0.5) is 11.5 Å². The maximum absolute atomic E-state index is 12.8. The lowest BCUT2D eigenvalue weighted by molar-refractivity contribution is 0.104. The van der Waals surface area contributed by atoms with E-state index in [1.807, 2.05) is 18.2 Å². The number of carbonyl (C=O) groups excluding carboxylic acids is 1. The van der Waals surface area contributed by atoms with Crippen LogP contribution in [0, 0.1) is 0 Å². The highest BCUT2D eigenvalue weighted by molar-refractivity contribution is 6.30. The van der Waals surface area contributed by atoms with Crippen molar-refractivity contribution < 1.29 is 19.0 Å². The van der Waals surface area contributed by atoms with Gasteiger partial charge in [-0.15, -0.1) is 0 Å². The van der Waals surface area contributed by atoms with Crippen molar-refractivity contribution in [2.75, 3.05) is 26.6 Å². The van der Waals surface area contributed by atoms with Crippen molar-refractivity contribution in [1.82, 2.24) is 4.98 Å². The number of pyridine rings is 1. The maximum atomic E-state index is 12.8. The topological polar surface area (TPSA) is 69.7 Å². The van der Waals surface area contributed by atoms with Crippen molar-refractivity contribution >= 4 is 35.0 Å². The van der Waals surface area contributed by atoms with Crippen molar-refractivity contribution in [1.29, 1.82) is 0 Å². The Labute approximate surface area is 180 Å². The van der Waals surface area contributed by atoms with Gasteiger partial charge in [-0.2, -0.15) is 0 Å². The molecule has 6 nitrogen and oxygen atoms in total. The predicted octanol–water partition coefficient (Wildman–Crippen LogP) is 5.40. The van der Waals surface area contributed by atoms with Gasteiger partial charge in [-0.3, -0.25) is 4.79 Å². The number of ketones is 1. The SMILES string of the molecule is COc1cc(C(=O)/C=C/c2cccnc2Nc2ccc(Cl)cc2)cc(OC)c1OC.